The highest BCUT2D eigenvalue weighted by Gasteiger charge is 2.39. The molecule has 1 fully saturated rings. The number of nitrogens with zero attached hydrogens (tertiary/aromatic N) is 1. The quantitative estimate of drug-likeness (QED) is 0.193. The van der Waals surface area contributed by atoms with Crippen molar-refractivity contribution in [2.75, 3.05) is 27.4 Å². The Morgan fingerprint density at radius 3 is 2.48 bits per heavy atom. The molecule has 1 saturated carbocycles. The number of carbonyl (C=O) groups is 2. The zero-order valence-corrected chi connectivity index (χ0v) is 19.9. The first-order valence-electron chi connectivity index (χ1n) is 9.72. The number of ether oxygens (including phenoxy) is 4. The Labute approximate surface area is 186 Å². The molecule has 0 N–H and O–H groups in total. The third kappa shape index (κ3) is 7.02. The number of benzene rings is 1. The van der Waals surface area contributed by atoms with E-state index in [4.69, 9.17) is 18.9 Å². The molecule has 1 aromatic carbocycles. The molecule has 0 aromatic heterocycles. The number of hydrogen-bond donors (Lipinski definition) is 0. The van der Waals surface area contributed by atoms with E-state index in [2.05, 4.69) is 22.6 Å². The molecule has 0 radical (unpaired) electrons. The Hall–Kier alpha value is -1.55. The van der Waals surface area contributed by atoms with Gasteiger partial charge >= 0.3 is 12.1 Å². The highest BCUT2D eigenvalue weighted by molar-refractivity contribution is 14.1. The molecule has 1 aromatic rings. The van der Waals surface area contributed by atoms with Gasteiger partial charge in [0.05, 0.1) is 19.8 Å². The van der Waals surface area contributed by atoms with E-state index in [1.165, 1.54) is 7.11 Å². The molecule has 1 atom stereocenters. The van der Waals surface area contributed by atoms with Gasteiger partial charge in [-0.15, -0.1) is 0 Å². The van der Waals surface area contributed by atoms with Gasteiger partial charge in [-0.3, -0.25) is 4.90 Å². The lowest BCUT2D eigenvalue weighted by atomic mass is 10.0. The number of rotatable bonds is 10. The van der Waals surface area contributed by atoms with Crippen molar-refractivity contribution in [1.29, 1.82) is 0 Å². The topological polar surface area (TPSA) is 74.3 Å². The van der Waals surface area contributed by atoms with E-state index in [1.54, 1.807) is 18.1 Å². The number of esters is 1. The van der Waals surface area contributed by atoms with E-state index < -0.39 is 9.58 Å². The second-order valence-electron chi connectivity index (χ2n) is 7.49. The van der Waals surface area contributed by atoms with Crippen LogP contribution in [0.15, 0.2) is 18.2 Å². The fraction of sp³-hybridized carbons (Fsp3) is 0.619. The fourth-order valence-electron chi connectivity index (χ4n) is 2.98. The number of alkyl halides is 1. The van der Waals surface area contributed by atoms with Crippen molar-refractivity contribution in [1.82, 2.24) is 4.90 Å². The van der Waals surface area contributed by atoms with Crippen LogP contribution in [0.2, 0.25) is 0 Å². The van der Waals surface area contributed by atoms with Crippen LogP contribution in [0, 0.1) is 0 Å². The standard InChI is InChI=1S/C21H30INO6/c1-14(23(16-8-9-16)20(25)29-21(2,3)22)15-7-10-17(19(24)27-5)18(13-15)28-12-6-11-26-4/h7,10,13-14,16H,6,8-9,11-12H2,1-5H3. The lowest BCUT2D eigenvalue weighted by Crippen LogP contribution is -2.39. The molecule has 1 amide bonds. The maximum atomic E-state index is 12.8. The molecular weight excluding hydrogens is 489 g/mol. The van der Waals surface area contributed by atoms with Crippen LogP contribution < -0.4 is 4.74 Å². The molecule has 0 bridgehead atoms. The minimum Gasteiger partial charge on any atom is -0.493 e. The molecule has 0 saturated heterocycles. The monoisotopic (exact) mass is 519 g/mol. The highest BCUT2D eigenvalue weighted by atomic mass is 127. The first kappa shape index (κ1) is 23.7. The van der Waals surface area contributed by atoms with Gasteiger partial charge in [-0.2, -0.15) is 0 Å². The number of halogens is 1. The Balaban J connectivity index is 2.26. The van der Waals surface area contributed by atoms with Gasteiger partial charge in [0.2, 0.25) is 0 Å². The van der Waals surface area contributed by atoms with Crippen LogP contribution in [0.25, 0.3) is 0 Å². The van der Waals surface area contributed by atoms with Crippen LogP contribution in [0.3, 0.4) is 0 Å². The summed E-state index contributed by atoms with van der Waals surface area (Å²) in [7, 11) is 2.97. The largest absolute Gasteiger partial charge is 0.493 e. The molecule has 2 rings (SSSR count). The van der Waals surface area contributed by atoms with Crippen LogP contribution in [-0.4, -0.2) is 54.0 Å². The molecular formula is C21H30INO6. The smallest absolute Gasteiger partial charge is 0.411 e. The lowest BCUT2D eigenvalue weighted by molar-refractivity contribution is 0.0554. The first-order chi connectivity index (χ1) is 13.7. The number of amides is 1. The van der Waals surface area contributed by atoms with Crippen LogP contribution in [0.4, 0.5) is 4.79 Å². The normalized spacial score (nSPS) is 14.8. The summed E-state index contributed by atoms with van der Waals surface area (Å²) < 4.78 is 20.7. The second kappa shape index (κ2) is 10.5. The summed E-state index contributed by atoms with van der Waals surface area (Å²) in [6.07, 6.45) is 2.28. The summed E-state index contributed by atoms with van der Waals surface area (Å²) in [5.41, 5.74) is 1.23. The minimum atomic E-state index is -0.591. The summed E-state index contributed by atoms with van der Waals surface area (Å²) in [6, 6.07) is 5.27. The SMILES string of the molecule is COCCCOc1cc(C(C)N(C(=O)OC(C)(C)I)C2CC2)ccc1C(=O)OC. The van der Waals surface area contributed by atoms with E-state index in [1.807, 2.05) is 32.9 Å². The van der Waals surface area contributed by atoms with E-state index in [9.17, 15) is 9.59 Å². The van der Waals surface area contributed by atoms with Crippen LogP contribution >= 0.6 is 22.6 Å². The van der Waals surface area contributed by atoms with Crippen molar-refractivity contribution < 1.29 is 28.5 Å². The van der Waals surface area contributed by atoms with E-state index in [-0.39, 0.29) is 18.2 Å². The average Bonchev–Trinajstić information content (AvgIpc) is 3.48. The lowest BCUT2D eigenvalue weighted by Gasteiger charge is -2.31. The molecule has 0 heterocycles. The maximum Gasteiger partial charge on any atom is 0.411 e. The number of carbonyl (C=O) groups excluding carboxylic acids is 2. The van der Waals surface area contributed by atoms with Crippen molar-refractivity contribution in [3.8, 4) is 5.75 Å². The van der Waals surface area contributed by atoms with Crippen molar-refractivity contribution in [3.63, 3.8) is 0 Å². The fourth-order valence-corrected chi connectivity index (χ4v) is 3.17. The van der Waals surface area contributed by atoms with Gasteiger partial charge in [0.25, 0.3) is 0 Å². The first-order valence-corrected chi connectivity index (χ1v) is 10.8. The molecule has 162 valence electrons. The molecule has 8 heteroatoms. The third-order valence-electron chi connectivity index (χ3n) is 4.54. The predicted octanol–water partition coefficient (Wildman–Crippen LogP) is 4.72. The van der Waals surface area contributed by atoms with Gasteiger partial charge in [0.15, 0.2) is 3.61 Å². The molecule has 0 spiro atoms. The van der Waals surface area contributed by atoms with Crippen molar-refractivity contribution in [2.45, 2.75) is 55.7 Å². The summed E-state index contributed by atoms with van der Waals surface area (Å²) >= 11 is 2.10. The summed E-state index contributed by atoms with van der Waals surface area (Å²) in [5, 5.41) is 0. The minimum absolute atomic E-state index is 0.169. The van der Waals surface area contributed by atoms with Crippen LogP contribution in [0.1, 0.15) is 62.0 Å². The van der Waals surface area contributed by atoms with Gasteiger partial charge in [-0.05, 0) is 73.9 Å². The van der Waals surface area contributed by atoms with E-state index >= 15 is 0 Å². The predicted molar refractivity (Wildman–Crippen MR) is 118 cm³/mol. The summed E-state index contributed by atoms with van der Waals surface area (Å²) in [4.78, 5) is 26.7. The molecule has 1 aliphatic carbocycles. The van der Waals surface area contributed by atoms with Gasteiger partial charge in [0.1, 0.15) is 11.3 Å². The molecule has 29 heavy (non-hydrogen) atoms. The third-order valence-corrected chi connectivity index (χ3v) is 4.76. The van der Waals surface area contributed by atoms with Gasteiger partial charge < -0.3 is 18.9 Å². The van der Waals surface area contributed by atoms with Crippen molar-refractivity contribution >= 4 is 34.7 Å². The maximum absolute atomic E-state index is 12.8. The zero-order valence-electron chi connectivity index (χ0n) is 17.7. The van der Waals surface area contributed by atoms with Gasteiger partial charge in [0, 0.05) is 26.2 Å². The summed E-state index contributed by atoms with van der Waals surface area (Å²) in [5.74, 6) is -0.0216. The second-order valence-corrected chi connectivity index (χ2v) is 10.1. The van der Waals surface area contributed by atoms with Crippen molar-refractivity contribution in [2.24, 2.45) is 0 Å². The van der Waals surface area contributed by atoms with Crippen molar-refractivity contribution in [3.05, 3.63) is 29.3 Å². The average molecular weight is 519 g/mol. The molecule has 0 aliphatic heterocycles. The van der Waals surface area contributed by atoms with Crippen LogP contribution in [0.5, 0.6) is 5.75 Å². The highest BCUT2D eigenvalue weighted by Crippen LogP contribution is 2.37. The summed E-state index contributed by atoms with van der Waals surface area (Å²) in [6.45, 7) is 6.63. The Morgan fingerprint density at radius 2 is 1.93 bits per heavy atom. The van der Waals surface area contributed by atoms with Gasteiger partial charge in [-0.25, -0.2) is 9.59 Å². The van der Waals surface area contributed by atoms with E-state index in [0.29, 0.717) is 30.9 Å². The number of methoxy groups -OCH3 is 2. The molecule has 7 nitrogen and oxygen atoms in total. The van der Waals surface area contributed by atoms with Gasteiger partial charge in [-0.1, -0.05) is 6.07 Å². The number of hydrogen-bond acceptors (Lipinski definition) is 6. The molecule has 1 unspecified atom stereocenters. The zero-order chi connectivity index (χ0) is 21.6. The molecule has 1 aliphatic rings. The Bertz CT molecular complexity index is 714. The Kier molecular flexibility index (Phi) is 8.57. The Morgan fingerprint density at radius 1 is 1.24 bits per heavy atom. The van der Waals surface area contributed by atoms with Crippen LogP contribution in [-0.2, 0) is 14.2 Å². The van der Waals surface area contributed by atoms with E-state index in [0.717, 1.165) is 18.4 Å².